The number of anilines is 1. The van der Waals surface area contributed by atoms with E-state index in [0.717, 1.165) is 6.08 Å². The lowest BCUT2D eigenvalue weighted by Gasteiger charge is -2.11. The van der Waals surface area contributed by atoms with Gasteiger partial charge in [0, 0.05) is 11.8 Å². The van der Waals surface area contributed by atoms with E-state index in [1.165, 1.54) is 26.2 Å². The summed E-state index contributed by atoms with van der Waals surface area (Å²) >= 11 is 0. The molecule has 0 aromatic heterocycles. The summed E-state index contributed by atoms with van der Waals surface area (Å²) in [5.74, 6) is -3.25. The van der Waals surface area contributed by atoms with E-state index in [2.05, 4.69) is 5.32 Å². The summed E-state index contributed by atoms with van der Waals surface area (Å²) in [6.45, 7) is 1.23. The first-order valence-corrected chi connectivity index (χ1v) is 5.01. The van der Waals surface area contributed by atoms with Crippen molar-refractivity contribution in [1.29, 1.82) is 0 Å². The van der Waals surface area contributed by atoms with E-state index in [1.54, 1.807) is 6.07 Å². The molecule has 1 aromatic rings. The molecule has 0 unspecified atom stereocenters. The molecule has 1 N–H and O–H groups in total. The SMILES string of the molecule is COc1ccc2c(c1)C(F)(F)/C(=C/C(C)=O)N2. The summed E-state index contributed by atoms with van der Waals surface area (Å²) in [7, 11) is 1.41. The highest BCUT2D eigenvalue weighted by molar-refractivity contribution is 5.89. The number of methoxy groups -OCH3 is 1. The van der Waals surface area contributed by atoms with Crippen molar-refractivity contribution in [3.8, 4) is 5.75 Å². The van der Waals surface area contributed by atoms with Gasteiger partial charge in [0.05, 0.1) is 18.4 Å². The van der Waals surface area contributed by atoms with Crippen molar-refractivity contribution >= 4 is 11.5 Å². The van der Waals surface area contributed by atoms with Gasteiger partial charge in [-0.25, -0.2) is 0 Å². The molecule has 0 saturated heterocycles. The molecule has 1 heterocycles. The quantitative estimate of drug-likeness (QED) is 0.806. The number of ketones is 1. The molecule has 1 aromatic carbocycles. The smallest absolute Gasteiger partial charge is 0.315 e. The van der Waals surface area contributed by atoms with Crippen molar-refractivity contribution in [3.63, 3.8) is 0 Å². The summed E-state index contributed by atoms with van der Waals surface area (Å²) in [6, 6.07) is 4.35. The van der Waals surface area contributed by atoms with Crippen LogP contribution in [-0.2, 0) is 10.7 Å². The third kappa shape index (κ3) is 1.88. The van der Waals surface area contributed by atoms with Crippen molar-refractivity contribution in [2.45, 2.75) is 12.8 Å². The molecule has 5 heteroatoms. The molecule has 0 aliphatic carbocycles. The van der Waals surface area contributed by atoms with E-state index in [4.69, 9.17) is 4.74 Å². The van der Waals surface area contributed by atoms with Crippen molar-refractivity contribution in [2.24, 2.45) is 0 Å². The van der Waals surface area contributed by atoms with E-state index < -0.39 is 17.4 Å². The Morgan fingerprint density at radius 1 is 1.47 bits per heavy atom. The minimum Gasteiger partial charge on any atom is -0.497 e. The second-order valence-electron chi connectivity index (χ2n) is 3.78. The lowest BCUT2D eigenvalue weighted by atomic mass is 10.1. The molecule has 0 amide bonds. The minimum atomic E-state index is -3.18. The number of benzene rings is 1. The number of carbonyl (C=O) groups excluding carboxylic acids is 1. The molecule has 0 spiro atoms. The van der Waals surface area contributed by atoms with Crippen LogP contribution in [0.25, 0.3) is 0 Å². The Kier molecular flexibility index (Phi) is 2.61. The summed E-state index contributed by atoms with van der Waals surface area (Å²) in [4.78, 5) is 10.9. The minimum absolute atomic E-state index is 0.177. The average molecular weight is 239 g/mol. The van der Waals surface area contributed by atoms with Gasteiger partial charge in [0.1, 0.15) is 5.75 Å². The summed E-state index contributed by atoms with van der Waals surface area (Å²) in [6.07, 6.45) is 0.909. The second-order valence-corrected chi connectivity index (χ2v) is 3.78. The number of alkyl halides is 2. The highest BCUT2D eigenvalue weighted by Crippen LogP contribution is 2.47. The summed E-state index contributed by atoms with van der Waals surface area (Å²) < 4.78 is 32.8. The van der Waals surface area contributed by atoms with Gasteiger partial charge in [0.2, 0.25) is 0 Å². The van der Waals surface area contributed by atoms with Crippen LogP contribution in [0.3, 0.4) is 0 Å². The predicted octanol–water partition coefficient (Wildman–Crippen LogP) is 2.69. The third-order valence-electron chi connectivity index (χ3n) is 2.52. The topological polar surface area (TPSA) is 38.3 Å². The standard InChI is InChI=1S/C12H11F2NO2/c1-7(16)5-11-12(13,14)9-6-8(17-2)3-4-10(9)15-11/h3-6,15H,1-2H3/b11-5-. The molecule has 0 saturated carbocycles. The van der Waals surface area contributed by atoms with E-state index in [1.807, 2.05) is 0 Å². The third-order valence-corrected chi connectivity index (χ3v) is 2.52. The number of ether oxygens (including phenoxy) is 1. The fourth-order valence-electron chi connectivity index (χ4n) is 1.72. The Labute approximate surface area is 97.1 Å². The monoisotopic (exact) mass is 239 g/mol. The molecule has 0 atom stereocenters. The Hall–Kier alpha value is -1.91. The molecule has 1 aliphatic rings. The van der Waals surface area contributed by atoms with Crippen LogP contribution in [-0.4, -0.2) is 12.9 Å². The molecule has 90 valence electrons. The first-order valence-electron chi connectivity index (χ1n) is 5.01. The zero-order valence-corrected chi connectivity index (χ0v) is 9.38. The molecule has 0 bridgehead atoms. The van der Waals surface area contributed by atoms with Gasteiger partial charge in [-0.05, 0) is 25.1 Å². The molecule has 17 heavy (non-hydrogen) atoms. The number of hydrogen-bond acceptors (Lipinski definition) is 3. The number of halogens is 2. The van der Waals surface area contributed by atoms with E-state index in [-0.39, 0.29) is 5.56 Å². The van der Waals surface area contributed by atoms with Crippen LogP contribution >= 0.6 is 0 Å². The maximum Gasteiger partial charge on any atom is 0.315 e. The highest BCUT2D eigenvalue weighted by Gasteiger charge is 2.44. The number of allylic oxidation sites excluding steroid dienone is 2. The van der Waals surface area contributed by atoms with Gasteiger partial charge >= 0.3 is 5.92 Å². The van der Waals surface area contributed by atoms with E-state index in [0.29, 0.717) is 11.4 Å². The summed E-state index contributed by atoms with van der Waals surface area (Å²) in [5, 5.41) is 2.54. The van der Waals surface area contributed by atoms with Crippen molar-refractivity contribution in [3.05, 3.63) is 35.5 Å². The van der Waals surface area contributed by atoms with Crippen LogP contribution in [0.15, 0.2) is 30.0 Å². The first-order chi connectivity index (χ1) is 7.95. The van der Waals surface area contributed by atoms with Gasteiger partial charge in [-0.15, -0.1) is 0 Å². The van der Waals surface area contributed by atoms with Crippen molar-refractivity contribution < 1.29 is 18.3 Å². The maximum atomic E-state index is 13.9. The lowest BCUT2D eigenvalue weighted by molar-refractivity contribution is -0.112. The Morgan fingerprint density at radius 2 is 2.18 bits per heavy atom. The fourth-order valence-corrected chi connectivity index (χ4v) is 1.72. The molecule has 0 fully saturated rings. The molecule has 3 nitrogen and oxygen atoms in total. The van der Waals surface area contributed by atoms with Crippen LogP contribution < -0.4 is 10.1 Å². The van der Waals surface area contributed by atoms with Gasteiger partial charge in [-0.1, -0.05) is 0 Å². The number of fused-ring (bicyclic) bond motifs is 1. The highest BCUT2D eigenvalue weighted by atomic mass is 19.3. The Balaban J connectivity index is 2.51. The average Bonchev–Trinajstić information content (AvgIpc) is 2.50. The predicted molar refractivity (Wildman–Crippen MR) is 59.3 cm³/mol. The van der Waals surface area contributed by atoms with Crippen molar-refractivity contribution in [1.82, 2.24) is 0 Å². The Morgan fingerprint density at radius 3 is 2.76 bits per heavy atom. The van der Waals surface area contributed by atoms with Crippen LogP contribution in [0.2, 0.25) is 0 Å². The van der Waals surface area contributed by atoms with E-state index in [9.17, 15) is 13.6 Å². The first kappa shape index (κ1) is 11.6. The van der Waals surface area contributed by atoms with Gasteiger partial charge in [0.25, 0.3) is 0 Å². The fraction of sp³-hybridized carbons (Fsp3) is 0.250. The molecular weight excluding hydrogens is 228 g/mol. The van der Waals surface area contributed by atoms with E-state index >= 15 is 0 Å². The van der Waals surface area contributed by atoms with Gasteiger partial charge < -0.3 is 10.1 Å². The number of rotatable bonds is 2. The van der Waals surface area contributed by atoms with Crippen LogP contribution in [0.4, 0.5) is 14.5 Å². The zero-order valence-electron chi connectivity index (χ0n) is 9.38. The van der Waals surface area contributed by atoms with Gasteiger partial charge in [-0.2, -0.15) is 8.78 Å². The maximum absolute atomic E-state index is 13.9. The molecule has 1 aliphatic heterocycles. The number of hydrogen-bond donors (Lipinski definition) is 1. The van der Waals surface area contributed by atoms with Crippen LogP contribution in [0.1, 0.15) is 12.5 Å². The largest absolute Gasteiger partial charge is 0.497 e. The summed E-state index contributed by atoms with van der Waals surface area (Å²) in [5.41, 5.74) is -0.277. The van der Waals surface area contributed by atoms with Crippen LogP contribution in [0.5, 0.6) is 5.75 Å². The van der Waals surface area contributed by atoms with Gasteiger partial charge in [-0.3, -0.25) is 4.79 Å². The normalized spacial score (nSPS) is 18.7. The second kappa shape index (κ2) is 3.84. The Bertz CT molecular complexity index is 509. The molecule has 2 rings (SSSR count). The van der Waals surface area contributed by atoms with Crippen molar-refractivity contribution in [2.75, 3.05) is 12.4 Å². The molecule has 0 radical (unpaired) electrons. The lowest BCUT2D eigenvalue weighted by Crippen LogP contribution is -2.14. The zero-order chi connectivity index (χ0) is 12.6. The van der Waals surface area contributed by atoms with Crippen LogP contribution in [0, 0.1) is 0 Å². The molecular formula is C12H11F2NO2. The number of nitrogens with one attached hydrogen (secondary N) is 1. The number of carbonyl (C=O) groups is 1. The van der Waals surface area contributed by atoms with Gasteiger partial charge in [0.15, 0.2) is 5.78 Å².